The van der Waals surface area contributed by atoms with Crippen molar-refractivity contribution in [3.05, 3.63) is 37.5 Å². The Morgan fingerprint density at radius 1 is 1.37 bits per heavy atom. The molecule has 19 heavy (non-hydrogen) atoms. The number of carbonyl (C=O) groups excluding carboxylic acids is 1. The summed E-state index contributed by atoms with van der Waals surface area (Å²) in [6.45, 7) is 11.6. The predicted molar refractivity (Wildman–Crippen MR) is 80.1 cm³/mol. The van der Waals surface area contributed by atoms with Crippen molar-refractivity contribution in [1.82, 2.24) is 0 Å². The van der Waals surface area contributed by atoms with E-state index in [2.05, 4.69) is 13.2 Å². The molecule has 0 aromatic heterocycles. The first-order valence-electron chi connectivity index (χ1n) is 7.17. The maximum atomic E-state index is 11.9. The van der Waals surface area contributed by atoms with E-state index in [4.69, 9.17) is 4.74 Å². The van der Waals surface area contributed by atoms with Crippen molar-refractivity contribution in [2.24, 2.45) is 5.92 Å². The molecule has 0 amide bonds. The maximum absolute atomic E-state index is 11.9. The fraction of sp³-hybridized carbons (Fsp3) is 0.588. The van der Waals surface area contributed by atoms with Crippen LogP contribution in [0.4, 0.5) is 0 Å². The lowest BCUT2D eigenvalue weighted by atomic mass is 9.87. The summed E-state index contributed by atoms with van der Waals surface area (Å²) in [6.07, 6.45) is 12.0. The van der Waals surface area contributed by atoms with Gasteiger partial charge < -0.3 is 4.74 Å². The van der Waals surface area contributed by atoms with Gasteiger partial charge in [-0.1, -0.05) is 26.0 Å². The molecule has 1 aliphatic heterocycles. The third-order valence-corrected chi connectivity index (χ3v) is 3.55. The Bertz CT molecular complexity index is 354. The molecule has 0 radical (unpaired) electrons. The molecule has 0 aromatic rings. The third-order valence-electron chi connectivity index (χ3n) is 3.55. The van der Waals surface area contributed by atoms with Gasteiger partial charge in [0, 0.05) is 0 Å². The highest BCUT2D eigenvalue weighted by Gasteiger charge is 2.37. The third kappa shape index (κ3) is 4.46. The van der Waals surface area contributed by atoms with Gasteiger partial charge in [0.05, 0.1) is 5.60 Å². The lowest BCUT2D eigenvalue weighted by Gasteiger charge is -2.38. The Balaban J connectivity index is 2.75. The van der Waals surface area contributed by atoms with Crippen molar-refractivity contribution in [1.29, 1.82) is 0 Å². The number of rotatable bonds is 8. The van der Waals surface area contributed by atoms with Crippen LogP contribution in [0.15, 0.2) is 37.5 Å². The summed E-state index contributed by atoms with van der Waals surface area (Å²) in [5.74, 6) is 0.288. The molecule has 2 nitrogen and oxygen atoms in total. The Labute approximate surface area is 117 Å². The van der Waals surface area contributed by atoms with Crippen LogP contribution in [-0.4, -0.2) is 17.5 Å². The van der Waals surface area contributed by atoms with Gasteiger partial charge in [-0.3, -0.25) is 4.79 Å². The minimum atomic E-state index is -0.342. The van der Waals surface area contributed by atoms with Gasteiger partial charge in [-0.15, -0.1) is 13.2 Å². The van der Waals surface area contributed by atoms with Crippen molar-refractivity contribution in [3.8, 4) is 0 Å². The van der Waals surface area contributed by atoms with Gasteiger partial charge in [-0.2, -0.15) is 0 Å². The van der Waals surface area contributed by atoms with Crippen LogP contribution in [0.3, 0.4) is 0 Å². The zero-order valence-electron chi connectivity index (χ0n) is 12.2. The fourth-order valence-electron chi connectivity index (χ4n) is 2.46. The van der Waals surface area contributed by atoms with E-state index in [0.717, 1.165) is 32.1 Å². The van der Waals surface area contributed by atoms with Gasteiger partial charge in [-0.25, -0.2) is 0 Å². The smallest absolute Gasteiger partial charge is 0.184 e. The summed E-state index contributed by atoms with van der Waals surface area (Å²) in [7, 11) is 0. The van der Waals surface area contributed by atoms with Gasteiger partial charge in [-0.05, 0) is 50.2 Å². The first-order valence-corrected chi connectivity index (χ1v) is 7.17. The van der Waals surface area contributed by atoms with E-state index < -0.39 is 0 Å². The second kappa shape index (κ2) is 7.44. The Morgan fingerprint density at radius 3 is 2.68 bits per heavy atom. The largest absolute Gasteiger partial charge is 0.359 e. The number of ketones is 1. The molecule has 0 saturated heterocycles. The van der Waals surface area contributed by atoms with E-state index in [0.29, 0.717) is 0 Å². The van der Waals surface area contributed by atoms with Gasteiger partial charge >= 0.3 is 0 Å². The van der Waals surface area contributed by atoms with Gasteiger partial charge in [0.15, 0.2) is 5.78 Å². The quantitative estimate of drug-likeness (QED) is 0.483. The Morgan fingerprint density at radius 2 is 2.11 bits per heavy atom. The molecule has 0 N–H and O–H groups in total. The Hall–Kier alpha value is -1.15. The van der Waals surface area contributed by atoms with Crippen LogP contribution in [-0.2, 0) is 9.53 Å². The first-order chi connectivity index (χ1) is 9.04. The predicted octanol–water partition coefficient (Wildman–Crippen LogP) is 4.23. The van der Waals surface area contributed by atoms with Crippen molar-refractivity contribution < 1.29 is 9.53 Å². The summed E-state index contributed by atoms with van der Waals surface area (Å²) < 4.78 is 6.13. The summed E-state index contributed by atoms with van der Waals surface area (Å²) >= 11 is 0. The van der Waals surface area contributed by atoms with E-state index in [1.807, 2.05) is 32.1 Å². The molecule has 106 valence electrons. The molecule has 0 spiro atoms. The summed E-state index contributed by atoms with van der Waals surface area (Å²) in [5, 5.41) is 0. The number of allylic oxidation sites excluding steroid dienone is 1. The van der Waals surface area contributed by atoms with Gasteiger partial charge in [0.2, 0.25) is 0 Å². The molecule has 2 atom stereocenters. The van der Waals surface area contributed by atoms with Crippen molar-refractivity contribution in [2.45, 2.75) is 57.7 Å². The number of hydrogen-bond acceptors (Lipinski definition) is 2. The van der Waals surface area contributed by atoms with Crippen LogP contribution in [0.25, 0.3) is 0 Å². The van der Waals surface area contributed by atoms with Crippen molar-refractivity contribution in [3.63, 3.8) is 0 Å². The number of carbonyl (C=O) groups is 1. The standard InChI is InChI=1S/C17H26O2/c1-5-7-8-9-12-17(11-6-2)13-10-15(18)16(19-17)14(3)4/h5-6,10,13-14,16H,1-2,7-9,11-12H2,3-4H3/t16-,17+/m1/s1. The molecule has 1 aliphatic rings. The number of ether oxygens (including phenoxy) is 1. The molecule has 0 bridgehead atoms. The topological polar surface area (TPSA) is 26.3 Å². The van der Waals surface area contributed by atoms with Crippen LogP contribution in [0.1, 0.15) is 46.0 Å². The zero-order valence-corrected chi connectivity index (χ0v) is 12.2. The van der Waals surface area contributed by atoms with E-state index in [-0.39, 0.29) is 23.4 Å². The lowest BCUT2D eigenvalue weighted by Crippen LogP contribution is -2.44. The molecular formula is C17H26O2. The van der Waals surface area contributed by atoms with Crippen molar-refractivity contribution in [2.75, 3.05) is 0 Å². The van der Waals surface area contributed by atoms with Gasteiger partial charge in [0.25, 0.3) is 0 Å². The number of unbranched alkanes of at least 4 members (excludes halogenated alkanes) is 2. The highest BCUT2D eigenvalue weighted by molar-refractivity contribution is 5.94. The lowest BCUT2D eigenvalue weighted by molar-refractivity contribution is -0.145. The zero-order chi connectivity index (χ0) is 14.3. The van der Waals surface area contributed by atoms with E-state index in [1.54, 1.807) is 6.08 Å². The molecule has 2 heteroatoms. The summed E-state index contributed by atoms with van der Waals surface area (Å²) in [4.78, 5) is 11.9. The first kappa shape index (κ1) is 15.9. The molecule has 1 rings (SSSR count). The molecule has 1 heterocycles. The number of hydrogen-bond donors (Lipinski definition) is 0. The SMILES string of the molecule is C=CCCCC[C@@]1(CC=C)C=CC(=O)[C@@H](C(C)C)O1. The van der Waals surface area contributed by atoms with Crippen LogP contribution in [0, 0.1) is 5.92 Å². The minimum Gasteiger partial charge on any atom is -0.359 e. The monoisotopic (exact) mass is 262 g/mol. The average molecular weight is 262 g/mol. The molecule has 0 saturated carbocycles. The molecular weight excluding hydrogens is 236 g/mol. The highest BCUT2D eigenvalue weighted by atomic mass is 16.5. The minimum absolute atomic E-state index is 0.0841. The van der Waals surface area contributed by atoms with Crippen LogP contribution in [0.2, 0.25) is 0 Å². The second-order valence-electron chi connectivity index (χ2n) is 5.61. The maximum Gasteiger partial charge on any atom is 0.184 e. The van der Waals surface area contributed by atoms with Gasteiger partial charge in [0.1, 0.15) is 6.10 Å². The van der Waals surface area contributed by atoms with Crippen LogP contribution >= 0.6 is 0 Å². The van der Waals surface area contributed by atoms with Crippen molar-refractivity contribution >= 4 is 5.78 Å². The molecule has 0 unspecified atom stereocenters. The van der Waals surface area contributed by atoms with Crippen LogP contribution in [0.5, 0.6) is 0 Å². The van der Waals surface area contributed by atoms with Crippen LogP contribution < -0.4 is 0 Å². The van der Waals surface area contributed by atoms with E-state index >= 15 is 0 Å². The second-order valence-corrected chi connectivity index (χ2v) is 5.61. The summed E-state index contributed by atoms with van der Waals surface area (Å²) in [6, 6.07) is 0. The molecule has 0 fully saturated rings. The normalized spacial score (nSPS) is 26.7. The van der Waals surface area contributed by atoms with E-state index in [9.17, 15) is 4.79 Å². The Kier molecular flexibility index (Phi) is 6.23. The summed E-state index contributed by atoms with van der Waals surface area (Å²) in [5.41, 5.74) is -0.342. The fourth-order valence-corrected chi connectivity index (χ4v) is 2.46. The molecule has 0 aliphatic carbocycles. The average Bonchev–Trinajstić information content (AvgIpc) is 2.38. The molecule has 0 aromatic carbocycles. The highest BCUT2D eigenvalue weighted by Crippen LogP contribution is 2.33. The van der Waals surface area contributed by atoms with E-state index in [1.165, 1.54) is 0 Å².